The lowest BCUT2D eigenvalue weighted by Gasteiger charge is -2.14. The molecule has 0 aliphatic heterocycles. The lowest BCUT2D eigenvalue weighted by molar-refractivity contribution is -0.128. The molecule has 0 fully saturated rings. The van der Waals surface area contributed by atoms with Gasteiger partial charge < -0.3 is 4.90 Å². The number of sulfone groups is 1. The Kier molecular flexibility index (Phi) is 5.25. The van der Waals surface area contributed by atoms with Crippen molar-refractivity contribution in [2.75, 3.05) is 14.1 Å². The molecule has 0 unspecified atom stereocenters. The molecule has 28 heavy (non-hydrogen) atoms. The highest BCUT2D eigenvalue weighted by Crippen LogP contribution is 2.29. The standard InChI is InChI=1S/C20H24N4O3S/c1-6-17-19(28(26,27)15-10-8-7-9-11-15)20-21-13(2)16(12-18(25)23(4)5)14(3)24(20)22-17/h7-11H,6,12H2,1-5H3. The summed E-state index contributed by atoms with van der Waals surface area (Å²) in [5.41, 5.74) is 2.89. The van der Waals surface area contributed by atoms with Crippen LogP contribution in [-0.2, 0) is 27.5 Å². The summed E-state index contributed by atoms with van der Waals surface area (Å²) in [5.74, 6) is -0.0487. The number of carbonyl (C=O) groups excluding carboxylic acids is 1. The van der Waals surface area contributed by atoms with Gasteiger partial charge in [0.25, 0.3) is 0 Å². The van der Waals surface area contributed by atoms with Gasteiger partial charge in [0.05, 0.1) is 17.0 Å². The number of aromatic nitrogens is 3. The Morgan fingerprint density at radius 2 is 1.79 bits per heavy atom. The molecule has 0 aliphatic rings. The van der Waals surface area contributed by atoms with Crippen molar-refractivity contribution in [2.45, 2.75) is 43.4 Å². The van der Waals surface area contributed by atoms with Gasteiger partial charge in [-0.25, -0.2) is 17.9 Å². The van der Waals surface area contributed by atoms with Crippen LogP contribution in [0.5, 0.6) is 0 Å². The smallest absolute Gasteiger partial charge is 0.226 e. The van der Waals surface area contributed by atoms with Gasteiger partial charge >= 0.3 is 0 Å². The lowest BCUT2D eigenvalue weighted by atomic mass is 10.1. The topological polar surface area (TPSA) is 84.6 Å². The zero-order chi connectivity index (χ0) is 20.6. The Morgan fingerprint density at radius 3 is 2.36 bits per heavy atom. The van der Waals surface area contributed by atoms with Crippen molar-refractivity contribution >= 4 is 21.4 Å². The number of likely N-dealkylation sites (N-methyl/N-ethyl adjacent to an activating group) is 1. The predicted octanol–water partition coefficient (Wildman–Crippen LogP) is 2.37. The van der Waals surface area contributed by atoms with Crippen LogP contribution >= 0.6 is 0 Å². The van der Waals surface area contributed by atoms with Crippen LogP contribution in [0.15, 0.2) is 40.1 Å². The number of fused-ring (bicyclic) bond motifs is 1. The molecule has 148 valence electrons. The second kappa shape index (κ2) is 7.35. The molecule has 3 aromatic rings. The van der Waals surface area contributed by atoms with E-state index in [0.717, 1.165) is 11.3 Å². The Labute approximate surface area is 164 Å². The van der Waals surface area contributed by atoms with E-state index in [-0.39, 0.29) is 22.1 Å². The first-order valence-electron chi connectivity index (χ1n) is 9.06. The number of nitrogens with zero attached hydrogens (tertiary/aromatic N) is 4. The Balaban J connectivity index is 2.28. The molecule has 3 rings (SSSR count). The summed E-state index contributed by atoms with van der Waals surface area (Å²) in [7, 11) is -0.367. The SMILES string of the molecule is CCc1nn2c(C)c(CC(=O)N(C)C)c(C)nc2c1S(=O)(=O)c1ccccc1. The summed E-state index contributed by atoms with van der Waals surface area (Å²) < 4.78 is 28.2. The maximum absolute atomic E-state index is 13.3. The summed E-state index contributed by atoms with van der Waals surface area (Å²) in [6, 6.07) is 8.30. The van der Waals surface area contributed by atoms with Crippen LogP contribution in [0.25, 0.3) is 5.65 Å². The number of rotatable bonds is 5. The van der Waals surface area contributed by atoms with Crippen molar-refractivity contribution < 1.29 is 13.2 Å². The first-order valence-corrected chi connectivity index (χ1v) is 10.5. The van der Waals surface area contributed by atoms with Crippen LogP contribution in [0.2, 0.25) is 0 Å². The Hall–Kier alpha value is -2.74. The molecule has 2 aromatic heterocycles. The molecule has 8 heteroatoms. The van der Waals surface area contributed by atoms with Gasteiger partial charge in [0.15, 0.2) is 5.65 Å². The van der Waals surface area contributed by atoms with Gasteiger partial charge in [-0.05, 0) is 32.4 Å². The van der Waals surface area contributed by atoms with Gasteiger partial charge in [-0.3, -0.25) is 4.79 Å². The summed E-state index contributed by atoms with van der Waals surface area (Å²) in [5, 5.41) is 4.53. The van der Waals surface area contributed by atoms with Gasteiger partial charge in [0.2, 0.25) is 15.7 Å². The van der Waals surface area contributed by atoms with Gasteiger partial charge in [-0.1, -0.05) is 25.1 Å². The molecule has 0 atom stereocenters. The molecular weight excluding hydrogens is 376 g/mol. The van der Waals surface area contributed by atoms with Crippen molar-refractivity contribution in [1.29, 1.82) is 0 Å². The summed E-state index contributed by atoms with van der Waals surface area (Å²) >= 11 is 0. The second-order valence-electron chi connectivity index (χ2n) is 6.91. The van der Waals surface area contributed by atoms with E-state index in [1.54, 1.807) is 55.9 Å². The number of amides is 1. The summed E-state index contributed by atoms with van der Waals surface area (Å²) in [6.07, 6.45) is 0.644. The maximum Gasteiger partial charge on any atom is 0.226 e. The molecule has 0 aliphatic carbocycles. The molecule has 1 aromatic carbocycles. The third kappa shape index (κ3) is 3.28. The minimum Gasteiger partial charge on any atom is -0.349 e. The number of carbonyl (C=O) groups is 1. The molecule has 0 N–H and O–H groups in total. The van der Waals surface area contributed by atoms with E-state index in [9.17, 15) is 13.2 Å². The molecule has 7 nitrogen and oxygen atoms in total. The second-order valence-corrected chi connectivity index (χ2v) is 8.79. The van der Waals surface area contributed by atoms with E-state index in [0.29, 0.717) is 23.5 Å². The summed E-state index contributed by atoms with van der Waals surface area (Å²) in [6.45, 7) is 5.50. The van der Waals surface area contributed by atoms with E-state index in [4.69, 9.17) is 0 Å². The highest BCUT2D eigenvalue weighted by atomic mass is 32.2. The lowest BCUT2D eigenvalue weighted by Crippen LogP contribution is -2.25. The zero-order valence-corrected chi connectivity index (χ0v) is 17.5. The van der Waals surface area contributed by atoms with E-state index in [1.807, 2.05) is 13.8 Å². The van der Waals surface area contributed by atoms with Gasteiger partial charge in [-0.15, -0.1) is 0 Å². The van der Waals surface area contributed by atoms with Crippen molar-refractivity contribution in [3.63, 3.8) is 0 Å². The predicted molar refractivity (Wildman–Crippen MR) is 106 cm³/mol. The van der Waals surface area contributed by atoms with Crippen LogP contribution in [0, 0.1) is 13.8 Å². The van der Waals surface area contributed by atoms with Crippen molar-refractivity contribution in [2.24, 2.45) is 0 Å². The Morgan fingerprint density at radius 1 is 1.14 bits per heavy atom. The quantitative estimate of drug-likeness (QED) is 0.656. The first kappa shape index (κ1) is 20.0. The third-order valence-electron chi connectivity index (χ3n) is 4.84. The van der Waals surface area contributed by atoms with E-state index < -0.39 is 9.84 Å². The first-order chi connectivity index (χ1) is 13.2. The molecule has 0 spiro atoms. The Bertz CT molecular complexity index is 1150. The monoisotopic (exact) mass is 400 g/mol. The molecule has 0 saturated heterocycles. The fourth-order valence-electron chi connectivity index (χ4n) is 3.18. The van der Waals surface area contributed by atoms with Crippen molar-refractivity contribution in [3.8, 4) is 0 Å². The molecule has 0 saturated carbocycles. The number of aryl methyl sites for hydroxylation is 3. The number of hydrogen-bond acceptors (Lipinski definition) is 5. The maximum atomic E-state index is 13.3. The van der Waals surface area contributed by atoms with Crippen molar-refractivity contribution in [1.82, 2.24) is 19.5 Å². The number of benzene rings is 1. The van der Waals surface area contributed by atoms with Crippen LogP contribution in [0.4, 0.5) is 0 Å². The average molecular weight is 401 g/mol. The minimum absolute atomic E-state index is 0.0487. The molecule has 2 heterocycles. The van der Waals surface area contributed by atoms with Crippen LogP contribution < -0.4 is 0 Å². The molecule has 0 bridgehead atoms. The molecule has 1 amide bonds. The van der Waals surface area contributed by atoms with Crippen LogP contribution in [0.1, 0.15) is 29.6 Å². The average Bonchev–Trinajstić information content (AvgIpc) is 3.04. The normalized spacial score (nSPS) is 11.8. The van der Waals surface area contributed by atoms with E-state index in [2.05, 4.69) is 10.1 Å². The van der Waals surface area contributed by atoms with E-state index >= 15 is 0 Å². The van der Waals surface area contributed by atoms with E-state index in [1.165, 1.54) is 4.90 Å². The number of hydrogen-bond donors (Lipinski definition) is 0. The molecular formula is C20H24N4O3S. The highest BCUT2D eigenvalue weighted by Gasteiger charge is 2.29. The largest absolute Gasteiger partial charge is 0.349 e. The van der Waals surface area contributed by atoms with Gasteiger partial charge in [0.1, 0.15) is 4.90 Å². The fraction of sp³-hybridized carbons (Fsp3) is 0.350. The minimum atomic E-state index is -3.77. The van der Waals surface area contributed by atoms with Gasteiger partial charge in [0, 0.05) is 31.0 Å². The fourth-order valence-corrected chi connectivity index (χ4v) is 4.79. The summed E-state index contributed by atoms with van der Waals surface area (Å²) in [4.78, 5) is 18.6. The highest BCUT2D eigenvalue weighted by molar-refractivity contribution is 7.91. The zero-order valence-electron chi connectivity index (χ0n) is 16.7. The molecule has 0 radical (unpaired) electrons. The van der Waals surface area contributed by atoms with Crippen LogP contribution in [-0.4, -0.2) is 47.9 Å². The van der Waals surface area contributed by atoms with Crippen molar-refractivity contribution in [3.05, 3.63) is 53.0 Å². The van der Waals surface area contributed by atoms with Crippen LogP contribution in [0.3, 0.4) is 0 Å². The third-order valence-corrected chi connectivity index (χ3v) is 6.68. The van der Waals surface area contributed by atoms with Gasteiger partial charge in [-0.2, -0.15) is 5.10 Å².